The van der Waals surface area contributed by atoms with Crippen LogP contribution in [-0.4, -0.2) is 24.1 Å². The largest absolute Gasteiger partial charge is 0.276 e. The van der Waals surface area contributed by atoms with Crippen LogP contribution in [-0.2, 0) is 0 Å². The Hall–Kier alpha value is -0.600. The molecular formula is C11H23N3. The van der Waals surface area contributed by atoms with Crippen molar-refractivity contribution in [3.8, 4) is 0 Å². The zero-order valence-electron chi connectivity index (χ0n) is 10.5. The molecule has 1 aliphatic rings. The summed E-state index contributed by atoms with van der Waals surface area (Å²) >= 11 is 0. The molecule has 3 heteroatoms. The van der Waals surface area contributed by atoms with E-state index in [0.717, 1.165) is 0 Å². The quantitative estimate of drug-likeness (QED) is 0.586. The number of hydrogen-bond donors (Lipinski definition) is 0. The van der Waals surface area contributed by atoms with Crippen molar-refractivity contribution in [3.63, 3.8) is 0 Å². The Morgan fingerprint density at radius 1 is 0.929 bits per heavy atom. The molecule has 14 heavy (non-hydrogen) atoms. The molecule has 1 rings (SSSR count). The van der Waals surface area contributed by atoms with Crippen LogP contribution in [0.1, 0.15) is 41.5 Å². The van der Waals surface area contributed by atoms with E-state index in [-0.39, 0.29) is 10.8 Å². The van der Waals surface area contributed by atoms with Gasteiger partial charge in [-0.2, -0.15) is 5.11 Å². The fourth-order valence-electron chi connectivity index (χ4n) is 2.14. The summed E-state index contributed by atoms with van der Waals surface area (Å²) in [5.74, 6) is 0. The van der Waals surface area contributed by atoms with E-state index in [1.165, 1.54) is 0 Å². The predicted molar refractivity (Wildman–Crippen MR) is 59.1 cm³/mol. The fraction of sp³-hybridized carbons (Fsp3) is 1.00. The fourth-order valence-corrected chi connectivity index (χ4v) is 2.14. The van der Waals surface area contributed by atoms with E-state index >= 15 is 0 Å². The van der Waals surface area contributed by atoms with E-state index in [9.17, 15) is 0 Å². The lowest BCUT2D eigenvalue weighted by molar-refractivity contribution is 0.102. The van der Waals surface area contributed by atoms with Crippen LogP contribution in [0.15, 0.2) is 10.3 Å². The number of nitrogens with zero attached hydrogens (tertiary/aromatic N) is 3. The Morgan fingerprint density at radius 2 is 1.43 bits per heavy atom. The van der Waals surface area contributed by atoms with E-state index in [1.54, 1.807) is 0 Å². The first-order valence-electron chi connectivity index (χ1n) is 5.27. The van der Waals surface area contributed by atoms with Crippen molar-refractivity contribution in [2.75, 3.05) is 7.05 Å². The molecule has 0 fully saturated rings. The zero-order valence-corrected chi connectivity index (χ0v) is 10.5. The van der Waals surface area contributed by atoms with Gasteiger partial charge >= 0.3 is 0 Å². The molecule has 3 nitrogen and oxygen atoms in total. The third-order valence-corrected chi connectivity index (χ3v) is 2.79. The Bertz CT molecular complexity index is 232. The van der Waals surface area contributed by atoms with Crippen LogP contribution in [0.5, 0.6) is 0 Å². The average Bonchev–Trinajstić information content (AvgIpc) is 2.27. The van der Waals surface area contributed by atoms with Gasteiger partial charge in [0.1, 0.15) is 6.04 Å². The van der Waals surface area contributed by atoms with E-state index in [2.05, 4.69) is 51.9 Å². The van der Waals surface area contributed by atoms with Gasteiger partial charge in [0.25, 0.3) is 0 Å². The van der Waals surface area contributed by atoms with Crippen LogP contribution in [0, 0.1) is 10.8 Å². The van der Waals surface area contributed by atoms with Gasteiger partial charge < -0.3 is 0 Å². The maximum atomic E-state index is 4.39. The summed E-state index contributed by atoms with van der Waals surface area (Å²) in [6, 6.07) is 0.704. The summed E-state index contributed by atoms with van der Waals surface area (Å²) in [4.78, 5) is 0. The molecule has 0 aliphatic carbocycles. The smallest absolute Gasteiger partial charge is 0.100 e. The molecule has 2 atom stereocenters. The van der Waals surface area contributed by atoms with Crippen LogP contribution in [0.2, 0.25) is 0 Å². The second-order valence-corrected chi connectivity index (χ2v) is 6.40. The molecule has 1 heterocycles. The summed E-state index contributed by atoms with van der Waals surface area (Å²) in [5, 5.41) is 10.6. The summed E-state index contributed by atoms with van der Waals surface area (Å²) < 4.78 is 0. The molecule has 0 saturated heterocycles. The molecular weight excluding hydrogens is 174 g/mol. The molecule has 0 N–H and O–H groups in total. The minimum absolute atomic E-state index is 0.187. The second kappa shape index (κ2) is 3.21. The molecule has 0 spiro atoms. The Labute approximate surface area is 87.6 Å². The number of hydrogen-bond acceptors (Lipinski definition) is 3. The minimum atomic E-state index is 0.187. The van der Waals surface area contributed by atoms with Crippen molar-refractivity contribution in [1.82, 2.24) is 5.01 Å². The average molecular weight is 197 g/mol. The summed E-state index contributed by atoms with van der Waals surface area (Å²) in [7, 11) is 2.02. The molecule has 2 unspecified atom stereocenters. The molecule has 0 aromatic heterocycles. The topological polar surface area (TPSA) is 28.0 Å². The van der Waals surface area contributed by atoms with Gasteiger partial charge in [0, 0.05) is 7.05 Å². The minimum Gasteiger partial charge on any atom is -0.276 e. The van der Waals surface area contributed by atoms with E-state index in [1.807, 2.05) is 12.1 Å². The highest BCUT2D eigenvalue weighted by Gasteiger charge is 2.44. The normalized spacial score (nSPS) is 28.6. The first-order chi connectivity index (χ1) is 6.14. The lowest BCUT2D eigenvalue weighted by atomic mass is 9.73. The third kappa shape index (κ3) is 2.07. The van der Waals surface area contributed by atoms with Crippen LogP contribution < -0.4 is 0 Å². The Kier molecular flexibility index (Phi) is 2.63. The summed E-state index contributed by atoms with van der Waals surface area (Å²) in [5.41, 5.74) is 0.405. The third-order valence-electron chi connectivity index (χ3n) is 2.79. The van der Waals surface area contributed by atoms with Crippen LogP contribution in [0.4, 0.5) is 0 Å². The highest BCUT2D eigenvalue weighted by atomic mass is 15.6. The van der Waals surface area contributed by atoms with E-state index < -0.39 is 0 Å². The van der Waals surface area contributed by atoms with Crippen LogP contribution in [0.3, 0.4) is 0 Å². The van der Waals surface area contributed by atoms with Gasteiger partial charge in [-0.3, -0.25) is 5.01 Å². The SMILES string of the molecule is CN1N=NC(C(C)(C)C)C1C(C)(C)C. The maximum absolute atomic E-state index is 4.39. The Balaban J connectivity index is 2.93. The van der Waals surface area contributed by atoms with Gasteiger partial charge in [0.2, 0.25) is 0 Å². The second-order valence-electron chi connectivity index (χ2n) is 6.40. The van der Waals surface area contributed by atoms with E-state index in [0.29, 0.717) is 12.1 Å². The first kappa shape index (κ1) is 11.5. The van der Waals surface area contributed by atoms with Crippen molar-refractivity contribution in [1.29, 1.82) is 0 Å². The highest BCUT2D eigenvalue weighted by molar-refractivity contribution is 4.98. The molecule has 1 aliphatic heterocycles. The van der Waals surface area contributed by atoms with Crippen molar-refractivity contribution in [2.45, 2.75) is 53.6 Å². The Morgan fingerprint density at radius 3 is 1.71 bits per heavy atom. The number of likely N-dealkylation sites (N-methyl/N-ethyl adjacent to an activating group) is 1. The molecule has 0 aromatic rings. The number of rotatable bonds is 0. The molecule has 0 radical (unpaired) electrons. The van der Waals surface area contributed by atoms with Crippen molar-refractivity contribution in [2.24, 2.45) is 21.2 Å². The molecule has 0 saturated carbocycles. The van der Waals surface area contributed by atoms with E-state index in [4.69, 9.17) is 0 Å². The van der Waals surface area contributed by atoms with Crippen molar-refractivity contribution in [3.05, 3.63) is 0 Å². The van der Waals surface area contributed by atoms with Gasteiger partial charge in [0.15, 0.2) is 0 Å². The van der Waals surface area contributed by atoms with Gasteiger partial charge in [-0.05, 0) is 10.8 Å². The van der Waals surface area contributed by atoms with Gasteiger partial charge in [-0.25, -0.2) is 0 Å². The predicted octanol–water partition coefficient (Wildman–Crippen LogP) is 3.13. The summed E-state index contributed by atoms with van der Waals surface area (Å²) in [6.45, 7) is 13.5. The van der Waals surface area contributed by atoms with Crippen molar-refractivity contribution >= 4 is 0 Å². The monoisotopic (exact) mass is 197 g/mol. The maximum Gasteiger partial charge on any atom is 0.100 e. The molecule has 0 amide bonds. The standard InChI is InChI=1S/C11H23N3/c1-10(2,3)8-9(11(4,5)6)14(7)13-12-8/h8-9H,1-7H3. The molecule has 82 valence electrons. The highest BCUT2D eigenvalue weighted by Crippen LogP contribution is 2.39. The van der Waals surface area contributed by atoms with Crippen LogP contribution in [0.25, 0.3) is 0 Å². The zero-order chi connectivity index (χ0) is 11.1. The van der Waals surface area contributed by atoms with Crippen molar-refractivity contribution < 1.29 is 0 Å². The molecule has 0 aromatic carbocycles. The van der Waals surface area contributed by atoms with Crippen LogP contribution >= 0.6 is 0 Å². The first-order valence-corrected chi connectivity index (χ1v) is 5.27. The lowest BCUT2D eigenvalue weighted by Gasteiger charge is -2.39. The van der Waals surface area contributed by atoms with Gasteiger partial charge in [0.05, 0.1) is 6.04 Å². The molecule has 0 bridgehead atoms. The lowest BCUT2D eigenvalue weighted by Crippen LogP contribution is -2.48. The van der Waals surface area contributed by atoms with Gasteiger partial charge in [-0.1, -0.05) is 46.8 Å². The summed E-state index contributed by atoms with van der Waals surface area (Å²) in [6.07, 6.45) is 0. The van der Waals surface area contributed by atoms with Gasteiger partial charge in [-0.15, -0.1) is 0 Å².